The quantitative estimate of drug-likeness (QED) is 0.405. The Bertz CT molecular complexity index is 1130. The second-order valence-corrected chi connectivity index (χ2v) is 8.75. The molecule has 0 saturated heterocycles. The summed E-state index contributed by atoms with van der Waals surface area (Å²) in [7, 11) is 3.96. The first-order chi connectivity index (χ1) is 15.6. The van der Waals surface area contributed by atoms with E-state index in [9.17, 15) is 14.7 Å². The molecule has 1 aliphatic heterocycles. The van der Waals surface area contributed by atoms with E-state index >= 15 is 0 Å². The van der Waals surface area contributed by atoms with Gasteiger partial charge in [-0.25, -0.2) is 0 Å². The molecule has 2 aromatic rings. The van der Waals surface area contributed by atoms with E-state index in [1.807, 2.05) is 58.0 Å². The predicted molar refractivity (Wildman–Crippen MR) is 134 cm³/mol. The lowest BCUT2D eigenvalue weighted by atomic mass is 9.92. The molecule has 6 heteroatoms. The molecule has 1 heterocycles. The molecule has 2 amide bonds. The molecule has 6 nitrogen and oxygen atoms in total. The molecule has 1 atom stereocenters. The van der Waals surface area contributed by atoms with Crippen molar-refractivity contribution in [3.63, 3.8) is 0 Å². The summed E-state index contributed by atoms with van der Waals surface area (Å²) in [5.74, 6) is -0.207. The van der Waals surface area contributed by atoms with Crippen LogP contribution in [0.3, 0.4) is 0 Å². The van der Waals surface area contributed by atoms with Crippen molar-refractivity contribution < 1.29 is 14.7 Å². The number of rotatable bonds is 5. The Morgan fingerprint density at radius 2 is 1.82 bits per heavy atom. The van der Waals surface area contributed by atoms with Gasteiger partial charge in [0.15, 0.2) is 0 Å². The number of anilines is 2. The number of carbonyl (C=O) groups is 2. The lowest BCUT2D eigenvalue weighted by Gasteiger charge is -2.36. The number of carbonyl (C=O) groups excluding carboxylic acids is 2. The molecule has 174 valence electrons. The number of aromatic hydroxyl groups is 1. The second-order valence-electron chi connectivity index (χ2n) is 8.75. The minimum atomic E-state index is -0.640. The van der Waals surface area contributed by atoms with Crippen LogP contribution in [0.5, 0.6) is 5.75 Å². The normalized spacial score (nSPS) is 15.7. The van der Waals surface area contributed by atoms with Crippen LogP contribution in [-0.4, -0.2) is 42.0 Å². The number of amides is 2. The summed E-state index contributed by atoms with van der Waals surface area (Å²) in [4.78, 5) is 30.2. The van der Waals surface area contributed by atoms with E-state index in [0.29, 0.717) is 24.2 Å². The van der Waals surface area contributed by atoms with E-state index in [-0.39, 0.29) is 17.6 Å². The van der Waals surface area contributed by atoms with Crippen LogP contribution < -0.4 is 10.2 Å². The van der Waals surface area contributed by atoms with Crippen LogP contribution in [0.1, 0.15) is 34.7 Å². The van der Waals surface area contributed by atoms with Gasteiger partial charge in [-0.3, -0.25) is 9.59 Å². The highest BCUT2D eigenvalue weighted by Gasteiger charge is 2.34. The fourth-order valence-electron chi connectivity index (χ4n) is 4.07. The number of aryl methyl sites for hydroxylation is 1. The number of phenolic OH excluding ortho intramolecular Hbond substituents is 1. The zero-order valence-corrected chi connectivity index (χ0v) is 20.3. The van der Waals surface area contributed by atoms with Crippen LogP contribution in [0.15, 0.2) is 48.6 Å². The van der Waals surface area contributed by atoms with Crippen molar-refractivity contribution in [1.82, 2.24) is 4.90 Å². The summed E-state index contributed by atoms with van der Waals surface area (Å²) in [6.45, 7) is 7.74. The van der Waals surface area contributed by atoms with Gasteiger partial charge >= 0.3 is 0 Å². The Kier molecular flexibility index (Phi) is 7.26. The van der Waals surface area contributed by atoms with Crippen molar-refractivity contribution in [3.05, 3.63) is 76.4 Å². The maximum atomic E-state index is 13.4. The van der Waals surface area contributed by atoms with Crippen molar-refractivity contribution in [1.29, 1.82) is 0 Å². The van der Waals surface area contributed by atoms with Gasteiger partial charge in [0.1, 0.15) is 11.8 Å². The van der Waals surface area contributed by atoms with E-state index in [0.717, 1.165) is 27.9 Å². The fourth-order valence-corrected chi connectivity index (χ4v) is 4.07. The number of hydrogen-bond donors (Lipinski definition) is 2. The smallest absolute Gasteiger partial charge is 0.247 e. The number of allylic oxidation sites excluding steroid dienone is 3. The Hall–Kier alpha value is -3.54. The highest BCUT2D eigenvalue weighted by Crippen LogP contribution is 2.32. The fraction of sp³-hybridized carbons (Fsp3) is 0.333. The lowest BCUT2D eigenvalue weighted by molar-refractivity contribution is -0.136. The molecule has 0 radical (unpaired) electrons. The summed E-state index contributed by atoms with van der Waals surface area (Å²) in [6, 6.07) is 7.29. The SMILES string of the molecule is C/C=C/C=C/C(=O)N1Cc2cc(N(C)C)ccc2C[C@H]1C(=O)Nc1cc(C)c(O)c(C)c1C. The summed E-state index contributed by atoms with van der Waals surface area (Å²) < 4.78 is 0. The van der Waals surface area contributed by atoms with Crippen molar-refractivity contribution in [2.24, 2.45) is 0 Å². The average Bonchev–Trinajstić information content (AvgIpc) is 2.79. The Labute approximate surface area is 196 Å². The standard InChI is InChI=1S/C27H33N3O3/c1-7-8-9-10-25(31)30-16-21-14-22(29(5)6)12-11-20(21)15-24(30)27(33)28-23-13-17(2)26(32)19(4)18(23)3/h7-14,24,32H,15-16H2,1-6H3,(H,28,33)/b8-7+,10-9+/t24-/m0/s1. The van der Waals surface area contributed by atoms with E-state index in [4.69, 9.17) is 0 Å². The highest BCUT2D eigenvalue weighted by atomic mass is 16.3. The number of nitrogens with one attached hydrogen (secondary N) is 1. The van der Waals surface area contributed by atoms with E-state index in [2.05, 4.69) is 11.4 Å². The van der Waals surface area contributed by atoms with Crippen LogP contribution in [-0.2, 0) is 22.6 Å². The van der Waals surface area contributed by atoms with Gasteiger partial charge in [-0.1, -0.05) is 24.3 Å². The average molecular weight is 448 g/mol. The third-order valence-electron chi connectivity index (χ3n) is 6.28. The van der Waals surface area contributed by atoms with Crippen LogP contribution in [0.4, 0.5) is 11.4 Å². The lowest BCUT2D eigenvalue weighted by Crippen LogP contribution is -2.50. The zero-order valence-electron chi connectivity index (χ0n) is 20.3. The van der Waals surface area contributed by atoms with E-state index < -0.39 is 6.04 Å². The van der Waals surface area contributed by atoms with Crippen LogP contribution in [0.2, 0.25) is 0 Å². The monoisotopic (exact) mass is 447 g/mol. The Balaban J connectivity index is 1.96. The van der Waals surface area contributed by atoms with Crippen molar-refractivity contribution in [2.75, 3.05) is 24.3 Å². The van der Waals surface area contributed by atoms with Crippen molar-refractivity contribution >= 4 is 23.2 Å². The molecule has 3 rings (SSSR count). The van der Waals surface area contributed by atoms with Gasteiger partial charge in [0.25, 0.3) is 0 Å². The van der Waals surface area contributed by atoms with Crippen LogP contribution in [0, 0.1) is 20.8 Å². The number of fused-ring (bicyclic) bond motifs is 1. The highest BCUT2D eigenvalue weighted by molar-refractivity contribution is 6.00. The third kappa shape index (κ3) is 5.11. The van der Waals surface area contributed by atoms with Gasteiger partial charge in [-0.15, -0.1) is 0 Å². The Morgan fingerprint density at radius 1 is 1.09 bits per heavy atom. The molecule has 0 aliphatic carbocycles. The molecule has 0 saturated carbocycles. The van der Waals surface area contributed by atoms with Gasteiger partial charge in [0, 0.05) is 44.5 Å². The zero-order chi connectivity index (χ0) is 24.3. The first-order valence-corrected chi connectivity index (χ1v) is 11.1. The third-order valence-corrected chi connectivity index (χ3v) is 6.28. The predicted octanol–water partition coefficient (Wildman–Crippen LogP) is 4.41. The molecule has 0 aromatic heterocycles. The largest absolute Gasteiger partial charge is 0.507 e. The molecular weight excluding hydrogens is 414 g/mol. The number of phenols is 1. The molecule has 0 unspecified atom stereocenters. The molecule has 33 heavy (non-hydrogen) atoms. The summed E-state index contributed by atoms with van der Waals surface area (Å²) in [5, 5.41) is 13.2. The van der Waals surface area contributed by atoms with Crippen molar-refractivity contribution in [2.45, 2.75) is 46.7 Å². The molecule has 2 N–H and O–H groups in total. The Morgan fingerprint density at radius 3 is 2.48 bits per heavy atom. The first kappa shape index (κ1) is 24.1. The summed E-state index contributed by atoms with van der Waals surface area (Å²) in [6.07, 6.45) is 7.27. The van der Waals surface area contributed by atoms with Gasteiger partial charge in [0.05, 0.1) is 0 Å². The maximum absolute atomic E-state index is 13.4. The summed E-state index contributed by atoms with van der Waals surface area (Å²) >= 11 is 0. The van der Waals surface area contributed by atoms with E-state index in [1.54, 1.807) is 30.0 Å². The molecule has 0 bridgehead atoms. The first-order valence-electron chi connectivity index (χ1n) is 11.1. The number of benzene rings is 2. The van der Waals surface area contributed by atoms with Crippen LogP contribution in [0.25, 0.3) is 0 Å². The molecular formula is C27H33N3O3. The minimum absolute atomic E-state index is 0.205. The van der Waals surface area contributed by atoms with Gasteiger partial charge < -0.3 is 20.2 Å². The minimum Gasteiger partial charge on any atom is -0.507 e. The van der Waals surface area contributed by atoms with Gasteiger partial charge in [-0.05, 0) is 73.7 Å². The van der Waals surface area contributed by atoms with Crippen molar-refractivity contribution in [3.8, 4) is 5.75 Å². The molecule has 0 spiro atoms. The molecule has 0 fully saturated rings. The number of hydrogen-bond acceptors (Lipinski definition) is 4. The van der Waals surface area contributed by atoms with E-state index in [1.165, 1.54) is 6.08 Å². The van der Waals surface area contributed by atoms with Gasteiger partial charge in [-0.2, -0.15) is 0 Å². The second kappa shape index (κ2) is 9.94. The molecule has 2 aromatic carbocycles. The summed E-state index contributed by atoms with van der Waals surface area (Å²) in [5.41, 5.74) is 6.06. The van der Waals surface area contributed by atoms with Gasteiger partial charge in [0.2, 0.25) is 11.8 Å². The number of nitrogens with zero attached hydrogens (tertiary/aromatic N) is 2. The van der Waals surface area contributed by atoms with Crippen LogP contribution >= 0.6 is 0 Å². The maximum Gasteiger partial charge on any atom is 0.247 e. The molecule has 1 aliphatic rings. The topological polar surface area (TPSA) is 72.9 Å².